The third-order valence-corrected chi connectivity index (χ3v) is 15.6. The molecule has 0 radical (unpaired) electrons. The molecule has 2 heterocycles. The van der Waals surface area contributed by atoms with Crippen molar-refractivity contribution < 1.29 is 34.1 Å². The standard InChI is InChI=1S/C61H82N6O7S/c1-42-34-36-75-57(42)46-31-29-44(30-32-46)40-63-60(73)50-38-47(68)37-49(50)56(72)58(61(2,3)4)64-54(70)23-17-15-13-11-9-7-6-8-10-12-14-16-18-24-55(71)67(5)41-45-27-25-43(26-28-45)33-35-74-53-39-51(65-66-59(53)62)48-21-19-20-22-52(48)69/h19-22,25-32,34,36,39,47,49-50,58,68-69H,6-18,23-24,33,35,37-38,40-41H2,1-5H3,(H2,62,66)(H,63,73)(H,64,70)/t47-,49?,50+,58+/m0/s1. The number of aliphatic hydroxyl groups excluding tert-OH is 1. The molecule has 6 rings (SSSR count). The molecule has 3 aromatic carbocycles. The Kier molecular flexibility index (Phi) is 22.7. The van der Waals surface area contributed by atoms with Crippen molar-refractivity contribution >= 4 is 40.7 Å². The van der Waals surface area contributed by atoms with Crippen molar-refractivity contribution in [2.24, 2.45) is 17.3 Å². The highest BCUT2D eigenvalue weighted by molar-refractivity contribution is 7.13. The maximum absolute atomic E-state index is 14.1. The molecule has 14 heteroatoms. The van der Waals surface area contributed by atoms with Crippen molar-refractivity contribution in [1.82, 2.24) is 25.7 Å². The zero-order chi connectivity index (χ0) is 53.7. The summed E-state index contributed by atoms with van der Waals surface area (Å²) in [4.78, 5) is 56.7. The van der Waals surface area contributed by atoms with E-state index in [1.807, 2.05) is 50.9 Å². The summed E-state index contributed by atoms with van der Waals surface area (Å²) < 4.78 is 5.94. The van der Waals surface area contributed by atoms with Crippen molar-refractivity contribution in [2.75, 3.05) is 19.4 Å². The van der Waals surface area contributed by atoms with E-state index in [1.54, 1.807) is 35.6 Å². The van der Waals surface area contributed by atoms with Crippen LogP contribution < -0.4 is 21.1 Å². The molecule has 0 bridgehead atoms. The highest BCUT2D eigenvalue weighted by Gasteiger charge is 2.46. The molecule has 5 aromatic rings. The molecule has 1 unspecified atom stereocenters. The van der Waals surface area contributed by atoms with Gasteiger partial charge in [0.25, 0.3) is 0 Å². The van der Waals surface area contributed by atoms with Crippen LogP contribution in [0.3, 0.4) is 0 Å². The highest BCUT2D eigenvalue weighted by atomic mass is 32.1. The summed E-state index contributed by atoms with van der Waals surface area (Å²) in [6.45, 7) is 9.19. The Hall–Kier alpha value is -6.12. The number of Topliss-reactive ketones (excluding diaryl/α,β-unsaturated/α-hetero) is 1. The fourth-order valence-electron chi connectivity index (χ4n) is 10.0. The number of ketones is 1. The van der Waals surface area contributed by atoms with E-state index in [-0.39, 0.29) is 47.9 Å². The van der Waals surface area contributed by atoms with Gasteiger partial charge in [-0.25, -0.2) is 0 Å². The van der Waals surface area contributed by atoms with E-state index in [2.05, 4.69) is 75.6 Å². The van der Waals surface area contributed by atoms with E-state index in [4.69, 9.17) is 10.5 Å². The van der Waals surface area contributed by atoms with Crippen LogP contribution in [0.2, 0.25) is 0 Å². The number of ether oxygens (including phenoxy) is 1. The number of anilines is 1. The molecule has 1 saturated carbocycles. The third-order valence-electron chi connectivity index (χ3n) is 14.5. The van der Waals surface area contributed by atoms with Crippen molar-refractivity contribution in [3.63, 3.8) is 0 Å². The van der Waals surface area contributed by atoms with Gasteiger partial charge in [0.05, 0.1) is 24.7 Å². The van der Waals surface area contributed by atoms with Gasteiger partial charge in [0.15, 0.2) is 17.4 Å². The van der Waals surface area contributed by atoms with Crippen molar-refractivity contribution in [3.8, 4) is 33.2 Å². The Bertz CT molecular complexity index is 2590. The number of carbonyl (C=O) groups is 4. The van der Waals surface area contributed by atoms with Crippen LogP contribution in [0.25, 0.3) is 21.7 Å². The molecule has 1 aliphatic rings. The maximum atomic E-state index is 14.1. The Morgan fingerprint density at radius 2 is 1.36 bits per heavy atom. The van der Waals surface area contributed by atoms with Crippen LogP contribution in [-0.2, 0) is 38.7 Å². The number of para-hydroxylation sites is 1. The van der Waals surface area contributed by atoms with E-state index < -0.39 is 29.4 Å². The second kappa shape index (κ2) is 29.3. The molecular formula is C61H82N6O7S. The average molecular weight is 1040 g/mol. The highest BCUT2D eigenvalue weighted by Crippen LogP contribution is 2.37. The van der Waals surface area contributed by atoms with Crippen LogP contribution in [0, 0.1) is 24.2 Å². The second-order valence-corrected chi connectivity index (χ2v) is 22.6. The molecule has 1 aliphatic carbocycles. The number of nitrogen functional groups attached to an aromatic ring is 1. The quantitative estimate of drug-likeness (QED) is 0.0276. The van der Waals surface area contributed by atoms with E-state index in [0.29, 0.717) is 56.0 Å². The summed E-state index contributed by atoms with van der Waals surface area (Å²) in [6, 6.07) is 26.3. The molecule has 75 heavy (non-hydrogen) atoms. The first-order valence-corrected chi connectivity index (χ1v) is 28.2. The van der Waals surface area contributed by atoms with E-state index >= 15 is 0 Å². The Morgan fingerprint density at radius 3 is 1.97 bits per heavy atom. The smallest absolute Gasteiger partial charge is 0.224 e. The topological polar surface area (TPSA) is 197 Å². The number of hydrogen-bond donors (Lipinski definition) is 5. The lowest BCUT2D eigenvalue weighted by atomic mass is 9.77. The van der Waals surface area contributed by atoms with E-state index in [1.165, 1.54) is 49.0 Å². The molecule has 1 fully saturated rings. The summed E-state index contributed by atoms with van der Waals surface area (Å²) in [5.74, 6) is -0.992. The summed E-state index contributed by atoms with van der Waals surface area (Å²) in [5, 5.41) is 37.1. The number of hydrogen-bond acceptors (Lipinski definition) is 11. The molecule has 0 spiro atoms. The zero-order valence-electron chi connectivity index (χ0n) is 45.1. The molecule has 13 nitrogen and oxygen atoms in total. The second-order valence-electron chi connectivity index (χ2n) is 21.7. The lowest BCUT2D eigenvalue weighted by molar-refractivity contribution is -0.137. The van der Waals surface area contributed by atoms with Gasteiger partial charge in [0, 0.05) is 61.8 Å². The largest absolute Gasteiger partial charge is 0.507 e. The number of aryl methyl sites for hydroxylation is 1. The Balaban J connectivity index is 0.758. The number of aromatic nitrogens is 2. The number of aliphatic hydroxyl groups is 1. The van der Waals surface area contributed by atoms with Gasteiger partial charge in [0.2, 0.25) is 17.7 Å². The Morgan fingerprint density at radius 1 is 0.773 bits per heavy atom. The molecule has 6 N–H and O–H groups in total. The minimum atomic E-state index is -0.754. The first kappa shape index (κ1) is 58.1. The number of amides is 3. The summed E-state index contributed by atoms with van der Waals surface area (Å²) >= 11 is 1.70. The number of aromatic hydroxyl groups is 1. The number of carbonyl (C=O) groups excluding carboxylic acids is 4. The number of rotatable bonds is 30. The normalized spacial score (nSPS) is 15.8. The van der Waals surface area contributed by atoms with Crippen LogP contribution in [0.5, 0.6) is 11.5 Å². The van der Waals surface area contributed by atoms with Gasteiger partial charge in [-0.2, -0.15) is 0 Å². The van der Waals surface area contributed by atoms with Crippen LogP contribution in [-0.4, -0.2) is 74.6 Å². The van der Waals surface area contributed by atoms with Gasteiger partial charge >= 0.3 is 0 Å². The molecular weight excluding hydrogens is 961 g/mol. The van der Waals surface area contributed by atoms with E-state index in [9.17, 15) is 29.4 Å². The van der Waals surface area contributed by atoms with Crippen molar-refractivity contribution in [3.05, 3.63) is 113 Å². The molecule has 3 amide bonds. The number of unbranched alkanes of at least 4 members (excludes halogenated alkanes) is 12. The number of phenols is 1. The monoisotopic (exact) mass is 1040 g/mol. The fraction of sp³-hybridized carbons (Fsp3) is 0.508. The summed E-state index contributed by atoms with van der Waals surface area (Å²) in [7, 11) is 1.87. The number of nitrogens with one attached hydrogen (secondary N) is 2. The average Bonchev–Trinajstić information content (AvgIpc) is 4.02. The van der Waals surface area contributed by atoms with Gasteiger partial charge in [-0.3, -0.25) is 19.2 Å². The van der Waals surface area contributed by atoms with Gasteiger partial charge in [-0.15, -0.1) is 21.5 Å². The summed E-state index contributed by atoms with van der Waals surface area (Å²) in [6.07, 6.45) is 15.7. The fourth-order valence-corrected chi connectivity index (χ4v) is 10.9. The predicted molar refractivity (Wildman–Crippen MR) is 300 cm³/mol. The minimum Gasteiger partial charge on any atom is -0.507 e. The number of nitrogens with zero attached hydrogens (tertiary/aromatic N) is 3. The van der Waals surface area contributed by atoms with Gasteiger partial charge < -0.3 is 36.2 Å². The van der Waals surface area contributed by atoms with Crippen LogP contribution >= 0.6 is 11.3 Å². The number of thiophene rings is 1. The molecule has 404 valence electrons. The predicted octanol–water partition coefficient (Wildman–Crippen LogP) is 11.7. The number of phenolic OH excluding ortho intramolecular Hbond substituents is 1. The zero-order valence-corrected chi connectivity index (χ0v) is 45.9. The van der Waals surface area contributed by atoms with Crippen LogP contribution in [0.1, 0.15) is 152 Å². The molecule has 0 saturated heterocycles. The third kappa shape index (κ3) is 18.3. The molecule has 2 aromatic heterocycles. The van der Waals surface area contributed by atoms with Gasteiger partial charge in [-0.05, 0) is 89.4 Å². The first-order chi connectivity index (χ1) is 36.1. The lowest BCUT2D eigenvalue weighted by Gasteiger charge is -2.33. The van der Waals surface area contributed by atoms with Crippen LogP contribution in [0.15, 0.2) is 90.3 Å². The Labute approximate surface area is 449 Å². The van der Waals surface area contributed by atoms with Crippen LogP contribution in [0.4, 0.5) is 5.82 Å². The SMILES string of the molecule is Cc1ccsc1-c1ccc(CNC(=O)[C@@H]2C[C@@H](O)CC2C(=O)[C@@H](NC(=O)CCCCCCCCCCCCCCCC(=O)N(C)Cc2ccc(CCOc3cc(-c4ccccc4O)nnc3N)cc2)C(C)(C)C)cc1. The van der Waals surface area contributed by atoms with Crippen molar-refractivity contribution in [2.45, 2.75) is 169 Å². The van der Waals surface area contributed by atoms with Gasteiger partial charge in [-0.1, -0.05) is 152 Å². The minimum absolute atomic E-state index is 0.107. The number of benzene rings is 3. The van der Waals surface area contributed by atoms with Gasteiger partial charge in [0.1, 0.15) is 11.4 Å². The first-order valence-electron chi connectivity index (χ1n) is 27.4. The van der Waals surface area contributed by atoms with Crippen molar-refractivity contribution in [1.29, 1.82) is 0 Å². The lowest BCUT2D eigenvalue weighted by Crippen LogP contribution is -2.52. The van der Waals surface area contributed by atoms with E-state index in [0.717, 1.165) is 67.2 Å². The maximum Gasteiger partial charge on any atom is 0.224 e. The molecule has 4 atom stereocenters. The molecule has 0 aliphatic heterocycles. The number of nitrogens with two attached hydrogens (primary N) is 1. The summed E-state index contributed by atoms with van der Waals surface area (Å²) in [5.41, 5.74) is 12.0.